The monoisotopic (exact) mass is 149 g/mol. The number of hydrogen-bond acceptors (Lipinski definition) is 2. The summed E-state index contributed by atoms with van der Waals surface area (Å²) in [6, 6.07) is 0.350. The Morgan fingerprint density at radius 3 is 2.33 bits per heavy atom. The average molecular weight is 150 g/mol. The van der Waals surface area contributed by atoms with E-state index in [0.717, 1.165) is 13.0 Å². The maximum absolute atomic E-state index is 5.75. The molecule has 2 nitrogen and oxygen atoms in total. The Bertz CT molecular complexity index is 114. The number of nitrogens with two attached hydrogens (primary N) is 1. The van der Waals surface area contributed by atoms with Gasteiger partial charge in [-0.05, 0) is 19.3 Å². The van der Waals surface area contributed by atoms with Gasteiger partial charge in [0, 0.05) is 12.6 Å². The number of hydrogen-bond donors (Lipinski definition) is 1. The van der Waals surface area contributed by atoms with Crippen LogP contribution in [0.3, 0.4) is 0 Å². The van der Waals surface area contributed by atoms with Crippen LogP contribution in [0.15, 0.2) is 0 Å². The molecule has 0 radical (unpaired) electrons. The lowest BCUT2D eigenvalue weighted by Crippen LogP contribution is -2.31. The highest BCUT2D eigenvalue weighted by atomic mass is 35.5. The molecular formula is C6H12ClNO. The molecule has 1 saturated carbocycles. The Morgan fingerprint density at radius 2 is 2.11 bits per heavy atom. The van der Waals surface area contributed by atoms with E-state index in [4.69, 9.17) is 10.5 Å². The molecule has 1 aliphatic heterocycles. The molecule has 2 N–H and O–H groups in total. The molecular weight excluding hydrogens is 138 g/mol. The van der Waals surface area contributed by atoms with Gasteiger partial charge < -0.3 is 10.5 Å². The highest BCUT2D eigenvalue weighted by Crippen LogP contribution is 2.46. The molecule has 1 heterocycles. The van der Waals surface area contributed by atoms with Gasteiger partial charge in [0.05, 0.1) is 5.60 Å². The second kappa shape index (κ2) is 2.11. The van der Waals surface area contributed by atoms with Gasteiger partial charge in [-0.15, -0.1) is 12.4 Å². The third-order valence-corrected chi connectivity index (χ3v) is 2.24. The Labute approximate surface area is 61.2 Å². The van der Waals surface area contributed by atoms with E-state index < -0.39 is 0 Å². The van der Waals surface area contributed by atoms with Crippen LogP contribution in [-0.4, -0.2) is 18.2 Å². The highest BCUT2D eigenvalue weighted by Gasteiger charge is 2.52. The molecule has 0 unspecified atom stereocenters. The van der Waals surface area contributed by atoms with Crippen molar-refractivity contribution in [3.05, 3.63) is 0 Å². The number of rotatable bonds is 0. The maximum Gasteiger partial charge on any atom is 0.0835 e. The van der Waals surface area contributed by atoms with Gasteiger partial charge in [0.2, 0.25) is 0 Å². The summed E-state index contributed by atoms with van der Waals surface area (Å²) in [6.45, 7) is 0.890. The first-order chi connectivity index (χ1) is 3.83. The third-order valence-electron chi connectivity index (χ3n) is 2.24. The Balaban J connectivity index is 0.000000405. The Morgan fingerprint density at radius 1 is 1.44 bits per heavy atom. The molecule has 54 valence electrons. The van der Waals surface area contributed by atoms with Crippen LogP contribution in [0.25, 0.3) is 0 Å². The van der Waals surface area contributed by atoms with Gasteiger partial charge in [-0.2, -0.15) is 0 Å². The van der Waals surface area contributed by atoms with E-state index in [2.05, 4.69) is 0 Å². The van der Waals surface area contributed by atoms with Gasteiger partial charge in [0.15, 0.2) is 0 Å². The molecule has 9 heavy (non-hydrogen) atoms. The molecule has 0 aromatic carbocycles. The van der Waals surface area contributed by atoms with Gasteiger partial charge in [-0.3, -0.25) is 0 Å². The Kier molecular flexibility index (Phi) is 1.72. The average Bonchev–Trinajstić information content (AvgIpc) is 2.39. The topological polar surface area (TPSA) is 35.2 Å². The largest absolute Gasteiger partial charge is 0.373 e. The second-order valence-corrected chi connectivity index (χ2v) is 2.81. The first-order valence-corrected chi connectivity index (χ1v) is 3.23. The van der Waals surface area contributed by atoms with Crippen molar-refractivity contribution in [1.82, 2.24) is 0 Å². The minimum absolute atomic E-state index is 0. The zero-order valence-electron chi connectivity index (χ0n) is 5.30. The lowest BCUT2D eigenvalue weighted by Gasteiger charge is -2.09. The first-order valence-electron chi connectivity index (χ1n) is 3.23. The van der Waals surface area contributed by atoms with Crippen LogP contribution in [-0.2, 0) is 4.74 Å². The van der Waals surface area contributed by atoms with E-state index in [9.17, 15) is 0 Å². The quantitative estimate of drug-likeness (QED) is 0.550. The van der Waals surface area contributed by atoms with Crippen LogP contribution in [0.2, 0.25) is 0 Å². The summed E-state index contributed by atoms with van der Waals surface area (Å²) in [4.78, 5) is 0. The second-order valence-electron chi connectivity index (χ2n) is 2.81. The molecule has 1 atom stereocenters. The van der Waals surface area contributed by atoms with E-state index in [1.165, 1.54) is 12.8 Å². The molecule has 0 bridgehead atoms. The van der Waals surface area contributed by atoms with E-state index in [1.54, 1.807) is 0 Å². The molecule has 1 aliphatic carbocycles. The molecule has 0 amide bonds. The smallest absolute Gasteiger partial charge is 0.0835 e. The van der Waals surface area contributed by atoms with E-state index in [0.29, 0.717) is 6.04 Å². The van der Waals surface area contributed by atoms with E-state index in [1.807, 2.05) is 0 Å². The van der Waals surface area contributed by atoms with Crippen molar-refractivity contribution in [2.75, 3.05) is 6.61 Å². The molecule has 1 saturated heterocycles. The van der Waals surface area contributed by atoms with Gasteiger partial charge in [0.1, 0.15) is 0 Å². The Hall–Kier alpha value is 0.210. The molecule has 2 rings (SSSR count). The standard InChI is InChI=1S/C6H11NO.ClH/c7-5-1-4-8-6(5)2-3-6;/h5H,1-4,7H2;1H/t5-;/m1./s1. The van der Waals surface area contributed by atoms with Gasteiger partial charge in [-0.25, -0.2) is 0 Å². The predicted molar refractivity (Wildman–Crippen MR) is 37.8 cm³/mol. The molecule has 0 aromatic rings. The SMILES string of the molecule is Cl.N[C@@H]1CCOC12CC2. The van der Waals surface area contributed by atoms with Crippen molar-refractivity contribution in [2.45, 2.75) is 30.9 Å². The fourth-order valence-corrected chi connectivity index (χ4v) is 1.40. The molecule has 2 fully saturated rings. The molecule has 1 spiro atoms. The minimum Gasteiger partial charge on any atom is -0.373 e. The van der Waals surface area contributed by atoms with E-state index >= 15 is 0 Å². The fraction of sp³-hybridized carbons (Fsp3) is 1.00. The van der Waals surface area contributed by atoms with Crippen molar-refractivity contribution in [3.63, 3.8) is 0 Å². The first kappa shape index (κ1) is 7.32. The van der Waals surface area contributed by atoms with Crippen molar-refractivity contribution < 1.29 is 4.74 Å². The van der Waals surface area contributed by atoms with Crippen LogP contribution in [0.1, 0.15) is 19.3 Å². The van der Waals surface area contributed by atoms with Crippen molar-refractivity contribution >= 4 is 12.4 Å². The van der Waals surface area contributed by atoms with Gasteiger partial charge in [0.25, 0.3) is 0 Å². The van der Waals surface area contributed by atoms with Crippen LogP contribution < -0.4 is 5.73 Å². The lowest BCUT2D eigenvalue weighted by molar-refractivity contribution is 0.0835. The maximum atomic E-state index is 5.75. The fourth-order valence-electron chi connectivity index (χ4n) is 1.40. The summed E-state index contributed by atoms with van der Waals surface area (Å²) < 4.78 is 5.44. The number of ether oxygens (including phenoxy) is 1. The van der Waals surface area contributed by atoms with Crippen LogP contribution in [0.5, 0.6) is 0 Å². The summed E-state index contributed by atoms with van der Waals surface area (Å²) >= 11 is 0. The summed E-state index contributed by atoms with van der Waals surface area (Å²) in [5.41, 5.74) is 5.93. The van der Waals surface area contributed by atoms with Crippen LogP contribution >= 0.6 is 12.4 Å². The van der Waals surface area contributed by atoms with Gasteiger partial charge >= 0.3 is 0 Å². The van der Waals surface area contributed by atoms with E-state index in [-0.39, 0.29) is 18.0 Å². The predicted octanol–water partition coefficient (Wildman–Crippen LogP) is 0.688. The van der Waals surface area contributed by atoms with Gasteiger partial charge in [-0.1, -0.05) is 0 Å². The summed E-state index contributed by atoms with van der Waals surface area (Å²) in [6.07, 6.45) is 3.47. The molecule has 0 aromatic heterocycles. The third kappa shape index (κ3) is 0.955. The lowest BCUT2D eigenvalue weighted by atomic mass is 10.1. The minimum atomic E-state index is 0. The summed E-state index contributed by atoms with van der Waals surface area (Å²) in [5.74, 6) is 0. The van der Waals surface area contributed by atoms with Crippen molar-refractivity contribution in [1.29, 1.82) is 0 Å². The van der Waals surface area contributed by atoms with Crippen molar-refractivity contribution in [3.8, 4) is 0 Å². The summed E-state index contributed by atoms with van der Waals surface area (Å²) in [5, 5.41) is 0. The van der Waals surface area contributed by atoms with Crippen LogP contribution in [0, 0.1) is 0 Å². The molecule has 2 aliphatic rings. The zero-order valence-corrected chi connectivity index (χ0v) is 6.12. The zero-order chi connectivity index (χ0) is 5.61. The number of halogens is 1. The molecule has 3 heteroatoms. The summed E-state index contributed by atoms with van der Waals surface area (Å²) in [7, 11) is 0. The highest BCUT2D eigenvalue weighted by molar-refractivity contribution is 5.85. The van der Waals surface area contributed by atoms with Crippen LogP contribution in [0.4, 0.5) is 0 Å². The van der Waals surface area contributed by atoms with Crippen molar-refractivity contribution in [2.24, 2.45) is 5.73 Å². The normalized spacial score (nSPS) is 36.3.